The molecule has 1 heterocycles. The lowest BCUT2D eigenvalue weighted by molar-refractivity contribution is -0.698. The third-order valence-corrected chi connectivity index (χ3v) is 2.96. The van der Waals surface area contributed by atoms with Crippen molar-refractivity contribution in [2.24, 2.45) is 5.92 Å². The maximum absolute atomic E-state index is 2.37. The van der Waals surface area contributed by atoms with E-state index < -0.39 is 0 Å². The van der Waals surface area contributed by atoms with Crippen LogP contribution in [0.3, 0.4) is 0 Å². The van der Waals surface area contributed by atoms with Gasteiger partial charge in [0.25, 0.3) is 0 Å². The van der Waals surface area contributed by atoms with Crippen LogP contribution in [0.4, 0.5) is 0 Å². The van der Waals surface area contributed by atoms with Crippen LogP contribution >= 0.6 is 0 Å². The SMILES string of the molecule is CCCCCC(C)CC[n+]1ccccc1. The fourth-order valence-corrected chi connectivity index (χ4v) is 1.84. The molecule has 0 aliphatic heterocycles. The molecule has 1 rings (SSSR count). The Morgan fingerprint density at radius 2 is 1.73 bits per heavy atom. The highest BCUT2D eigenvalue weighted by atomic mass is 14.9. The third-order valence-electron chi connectivity index (χ3n) is 2.96. The highest BCUT2D eigenvalue weighted by Gasteiger charge is 2.05. The minimum absolute atomic E-state index is 0.865. The molecule has 0 spiro atoms. The van der Waals surface area contributed by atoms with Crippen LogP contribution in [0.5, 0.6) is 0 Å². The predicted octanol–water partition coefficient (Wildman–Crippen LogP) is 3.58. The number of hydrogen-bond donors (Lipinski definition) is 0. The molecule has 0 saturated carbocycles. The average Bonchev–Trinajstić information content (AvgIpc) is 2.28. The average molecular weight is 206 g/mol. The fourth-order valence-electron chi connectivity index (χ4n) is 1.84. The smallest absolute Gasteiger partial charge is 0.168 e. The molecule has 0 fully saturated rings. The minimum Gasteiger partial charge on any atom is -0.205 e. The summed E-state index contributed by atoms with van der Waals surface area (Å²) in [5.41, 5.74) is 0. The Bertz CT molecular complexity index is 243. The maximum Gasteiger partial charge on any atom is 0.168 e. The summed E-state index contributed by atoms with van der Waals surface area (Å²) in [6.07, 6.45) is 11.1. The second-order valence-electron chi connectivity index (χ2n) is 4.50. The van der Waals surface area contributed by atoms with E-state index in [1.54, 1.807) is 0 Å². The normalized spacial score (nSPS) is 12.7. The topological polar surface area (TPSA) is 3.88 Å². The van der Waals surface area contributed by atoms with E-state index in [4.69, 9.17) is 0 Å². The lowest BCUT2D eigenvalue weighted by atomic mass is 10.00. The molecular weight excluding hydrogens is 182 g/mol. The van der Waals surface area contributed by atoms with E-state index in [2.05, 4.69) is 49.0 Å². The summed E-state index contributed by atoms with van der Waals surface area (Å²) in [6, 6.07) is 6.27. The number of hydrogen-bond acceptors (Lipinski definition) is 0. The van der Waals surface area contributed by atoms with Crippen LogP contribution in [0.2, 0.25) is 0 Å². The zero-order valence-corrected chi connectivity index (χ0v) is 10.2. The van der Waals surface area contributed by atoms with Gasteiger partial charge in [-0.2, -0.15) is 0 Å². The van der Waals surface area contributed by atoms with Crippen molar-refractivity contribution in [3.8, 4) is 0 Å². The van der Waals surface area contributed by atoms with Gasteiger partial charge in [-0.1, -0.05) is 45.6 Å². The molecule has 0 aromatic carbocycles. The van der Waals surface area contributed by atoms with E-state index in [0.29, 0.717) is 0 Å². The van der Waals surface area contributed by atoms with Gasteiger partial charge in [0, 0.05) is 18.6 Å². The van der Waals surface area contributed by atoms with E-state index >= 15 is 0 Å². The molecule has 1 unspecified atom stereocenters. The van der Waals surface area contributed by atoms with Crippen molar-refractivity contribution in [3.63, 3.8) is 0 Å². The molecule has 0 N–H and O–H groups in total. The van der Waals surface area contributed by atoms with E-state index in [-0.39, 0.29) is 0 Å². The quantitative estimate of drug-likeness (QED) is 0.474. The van der Waals surface area contributed by atoms with Gasteiger partial charge in [0.2, 0.25) is 0 Å². The third kappa shape index (κ3) is 5.56. The monoisotopic (exact) mass is 206 g/mol. The molecule has 0 radical (unpaired) electrons. The lowest BCUT2D eigenvalue weighted by Gasteiger charge is -2.08. The summed E-state index contributed by atoms with van der Waals surface area (Å²) < 4.78 is 2.27. The second kappa shape index (κ2) is 7.44. The van der Waals surface area contributed by atoms with Crippen LogP contribution in [0.15, 0.2) is 30.6 Å². The van der Waals surface area contributed by atoms with Gasteiger partial charge in [-0.15, -0.1) is 0 Å². The number of aryl methyl sites for hydroxylation is 1. The summed E-state index contributed by atoms with van der Waals surface area (Å²) in [5.74, 6) is 0.865. The van der Waals surface area contributed by atoms with E-state index in [0.717, 1.165) is 12.5 Å². The lowest BCUT2D eigenvalue weighted by Crippen LogP contribution is -2.33. The van der Waals surface area contributed by atoms with Crippen molar-refractivity contribution in [3.05, 3.63) is 30.6 Å². The molecular formula is C14H24N+. The number of aromatic nitrogens is 1. The van der Waals surface area contributed by atoms with Gasteiger partial charge in [0.1, 0.15) is 6.54 Å². The Morgan fingerprint density at radius 3 is 2.40 bits per heavy atom. The van der Waals surface area contributed by atoms with Gasteiger partial charge in [0.05, 0.1) is 0 Å². The molecule has 1 aromatic heterocycles. The molecule has 0 aliphatic rings. The second-order valence-corrected chi connectivity index (χ2v) is 4.50. The van der Waals surface area contributed by atoms with E-state index in [1.165, 1.54) is 32.1 Å². The Balaban J connectivity index is 2.14. The van der Waals surface area contributed by atoms with Gasteiger partial charge in [-0.25, -0.2) is 4.57 Å². The molecule has 1 atom stereocenters. The summed E-state index contributed by atoms with van der Waals surface area (Å²) in [7, 11) is 0. The molecule has 0 saturated heterocycles. The molecule has 0 aliphatic carbocycles. The molecule has 0 amide bonds. The Labute approximate surface area is 94.1 Å². The molecule has 1 nitrogen and oxygen atoms in total. The number of nitrogens with zero attached hydrogens (tertiary/aromatic N) is 1. The van der Waals surface area contributed by atoms with Gasteiger partial charge in [-0.05, 0) is 5.92 Å². The first kappa shape index (κ1) is 12.2. The Morgan fingerprint density at radius 1 is 1.00 bits per heavy atom. The minimum atomic E-state index is 0.865. The summed E-state index contributed by atoms with van der Waals surface area (Å²) in [4.78, 5) is 0. The van der Waals surface area contributed by atoms with E-state index in [1.807, 2.05) is 0 Å². The Hall–Kier alpha value is -0.850. The summed E-state index contributed by atoms with van der Waals surface area (Å²) >= 11 is 0. The molecule has 1 aromatic rings. The van der Waals surface area contributed by atoms with Crippen molar-refractivity contribution in [1.82, 2.24) is 0 Å². The van der Waals surface area contributed by atoms with E-state index in [9.17, 15) is 0 Å². The number of unbranched alkanes of at least 4 members (excludes halogenated alkanes) is 2. The molecule has 15 heavy (non-hydrogen) atoms. The maximum atomic E-state index is 2.37. The molecule has 0 bridgehead atoms. The largest absolute Gasteiger partial charge is 0.205 e. The van der Waals surface area contributed by atoms with Crippen LogP contribution in [0.25, 0.3) is 0 Å². The zero-order chi connectivity index (χ0) is 10.9. The highest BCUT2D eigenvalue weighted by Crippen LogP contribution is 2.12. The van der Waals surface area contributed by atoms with Crippen molar-refractivity contribution in [2.45, 2.75) is 52.5 Å². The van der Waals surface area contributed by atoms with Crippen LogP contribution in [-0.2, 0) is 6.54 Å². The van der Waals surface area contributed by atoms with Gasteiger partial charge in [-0.3, -0.25) is 0 Å². The number of pyridine rings is 1. The van der Waals surface area contributed by atoms with Crippen molar-refractivity contribution >= 4 is 0 Å². The first-order valence-corrected chi connectivity index (χ1v) is 6.27. The van der Waals surface area contributed by atoms with Crippen LogP contribution in [-0.4, -0.2) is 0 Å². The van der Waals surface area contributed by atoms with Crippen molar-refractivity contribution < 1.29 is 4.57 Å². The fraction of sp³-hybridized carbons (Fsp3) is 0.643. The van der Waals surface area contributed by atoms with Crippen LogP contribution in [0, 0.1) is 5.92 Å². The zero-order valence-electron chi connectivity index (χ0n) is 10.2. The first-order valence-electron chi connectivity index (χ1n) is 6.27. The predicted molar refractivity (Wildman–Crippen MR) is 64.6 cm³/mol. The summed E-state index contributed by atoms with van der Waals surface area (Å²) in [6.45, 7) is 5.80. The van der Waals surface area contributed by atoms with Crippen LogP contribution < -0.4 is 4.57 Å². The van der Waals surface area contributed by atoms with Gasteiger partial charge >= 0.3 is 0 Å². The van der Waals surface area contributed by atoms with Crippen LogP contribution in [0.1, 0.15) is 46.0 Å². The summed E-state index contributed by atoms with van der Waals surface area (Å²) in [5, 5.41) is 0. The standard InChI is InChI=1S/C14H24N/c1-3-4-6-9-14(2)10-13-15-11-7-5-8-12-15/h5,7-8,11-12,14H,3-4,6,9-10,13H2,1-2H3/q+1. The van der Waals surface area contributed by atoms with Gasteiger partial charge in [0.15, 0.2) is 12.4 Å². The Kier molecular flexibility index (Phi) is 6.06. The number of rotatable bonds is 7. The molecule has 84 valence electrons. The molecule has 1 heteroatoms. The first-order chi connectivity index (χ1) is 7.33. The van der Waals surface area contributed by atoms with Crippen molar-refractivity contribution in [1.29, 1.82) is 0 Å². The van der Waals surface area contributed by atoms with Gasteiger partial charge < -0.3 is 0 Å². The van der Waals surface area contributed by atoms with Crippen molar-refractivity contribution in [2.75, 3.05) is 0 Å². The highest BCUT2D eigenvalue weighted by molar-refractivity contribution is 4.83.